The van der Waals surface area contributed by atoms with Crippen molar-refractivity contribution in [3.63, 3.8) is 0 Å². The molecule has 3 aromatic carbocycles. The predicted octanol–water partition coefficient (Wildman–Crippen LogP) is 3.91. The molecule has 6 heteroatoms. The molecule has 1 unspecified atom stereocenters. The van der Waals surface area contributed by atoms with Gasteiger partial charge in [-0.3, -0.25) is 4.79 Å². The van der Waals surface area contributed by atoms with E-state index in [-0.39, 0.29) is 37.5 Å². The van der Waals surface area contributed by atoms with Crippen molar-refractivity contribution in [1.82, 2.24) is 10.6 Å². The standard InChI is InChI=1S/C25H29N3O2.ClH/c1-18(23-8-4-6-19-5-2-3-7-24(19)23)27-21-13-15-28(17-21)22-11-9-20(10-12-22)25(30)26-14-16-29;/h2-12,18,21,27,29H,13-17H2,1H3,(H,26,30);1H/t18-,21?;/m1./s1. The van der Waals surface area contributed by atoms with Crippen molar-refractivity contribution in [3.05, 3.63) is 77.9 Å². The SMILES string of the molecule is C[C@@H](NC1CCN(c2ccc(C(=O)NCCO)cc2)C1)c1cccc2ccccc12.Cl. The fourth-order valence-electron chi connectivity index (χ4n) is 4.30. The van der Waals surface area contributed by atoms with E-state index < -0.39 is 0 Å². The van der Waals surface area contributed by atoms with Crippen LogP contribution in [-0.2, 0) is 0 Å². The fourth-order valence-corrected chi connectivity index (χ4v) is 4.30. The van der Waals surface area contributed by atoms with Crippen LogP contribution in [0.5, 0.6) is 0 Å². The smallest absolute Gasteiger partial charge is 0.251 e. The Morgan fingerprint density at radius 1 is 1.10 bits per heavy atom. The summed E-state index contributed by atoms with van der Waals surface area (Å²) in [6, 6.07) is 23.5. The summed E-state index contributed by atoms with van der Waals surface area (Å²) < 4.78 is 0. The molecule has 2 atom stereocenters. The highest BCUT2D eigenvalue weighted by molar-refractivity contribution is 5.94. The van der Waals surface area contributed by atoms with Gasteiger partial charge in [0, 0.05) is 43.0 Å². The van der Waals surface area contributed by atoms with E-state index in [0.717, 1.165) is 25.2 Å². The lowest BCUT2D eigenvalue weighted by atomic mass is 9.99. The largest absolute Gasteiger partial charge is 0.395 e. The molecule has 1 aliphatic rings. The van der Waals surface area contributed by atoms with Crippen LogP contribution in [0, 0.1) is 0 Å². The Bertz CT molecular complexity index is 1000. The summed E-state index contributed by atoms with van der Waals surface area (Å²) in [5.41, 5.74) is 3.09. The summed E-state index contributed by atoms with van der Waals surface area (Å²) in [6.07, 6.45) is 1.09. The Labute approximate surface area is 189 Å². The van der Waals surface area contributed by atoms with Gasteiger partial charge in [-0.05, 0) is 53.9 Å². The molecule has 1 saturated heterocycles. The van der Waals surface area contributed by atoms with Gasteiger partial charge in [-0.1, -0.05) is 42.5 Å². The summed E-state index contributed by atoms with van der Waals surface area (Å²) >= 11 is 0. The molecule has 4 rings (SSSR count). The maximum absolute atomic E-state index is 12.0. The lowest BCUT2D eigenvalue weighted by molar-refractivity contribution is 0.0945. The van der Waals surface area contributed by atoms with Gasteiger partial charge in [-0.2, -0.15) is 0 Å². The van der Waals surface area contributed by atoms with Gasteiger partial charge in [0.05, 0.1) is 6.61 Å². The first-order valence-electron chi connectivity index (χ1n) is 10.6. The van der Waals surface area contributed by atoms with E-state index in [2.05, 4.69) is 64.9 Å². The molecule has 0 saturated carbocycles. The zero-order valence-electron chi connectivity index (χ0n) is 17.8. The van der Waals surface area contributed by atoms with Crippen LogP contribution < -0.4 is 15.5 Å². The van der Waals surface area contributed by atoms with Gasteiger partial charge in [-0.25, -0.2) is 0 Å². The van der Waals surface area contributed by atoms with Crippen molar-refractivity contribution in [3.8, 4) is 0 Å². The average molecular weight is 440 g/mol. The van der Waals surface area contributed by atoms with E-state index in [1.807, 2.05) is 24.3 Å². The van der Waals surface area contributed by atoms with Crippen molar-refractivity contribution in [1.29, 1.82) is 0 Å². The molecule has 5 nitrogen and oxygen atoms in total. The van der Waals surface area contributed by atoms with Gasteiger partial charge in [-0.15, -0.1) is 12.4 Å². The molecular formula is C25H30ClN3O2. The monoisotopic (exact) mass is 439 g/mol. The van der Waals surface area contributed by atoms with Gasteiger partial charge in [0.2, 0.25) is 0 Å². The Balaban J connectivity index is 0.00000272. The minimum Gasteiger partial charge on any atom is -0.395 e. The first kappa shape index (κ1) is 23.1. The molecule has 0 radical (unpaired) electrons. The van der Waals surface area contributed by atoms with Crippen LogP contribution in [-0.4, -0.2) is 43.3 Å². The van der Waals surface area contributed by atoms with Crippen LogP contribution in [0.15, 0.2) is 66.7 Å². The predicted molar refractivity (Wildman–Crippen MR) is 129 cm³/mol. The number of aliphatic hydroxyl groups is 1. The van der Waals surface area contributed by atoms with E-state index in [4.69, 9.17) is 5.11 Å². The van der Waals surface area contributed by atoms with Crippen LogP contribution in [0.2, 0.25) is 0 Å². The van der Waals surface area contributed by atoms with Gasteiger partial charge in [0.1, 0.15) is 0 Å². The molecular weight excluding hydrogens is 410 g/mol. The number of aliphatic hydroxyl groups excluding tert-OH is 1. The molecule has 31 heavy (non-hydrogen) atoms. The Morgan fingerprint density at radius 3 is 2.61 bits per heavy atom. The third kappa shape index (κ3) is 5.37. The number of carbonyl (C=O) groups is 1. The summed E-state index contributed by atoms with van der Waals surface area (Å²) in [4.78, 5) is 14.4. The van der Waals surface area contributed by atoms with Crippen molar-refractivity contribution in [2.45, 2.75) is 25.4 Å². The maximum atomic E-state index is 12.0. The second-order valence-electron chi connectivity index (χ2n) is 7.91. The number of nitrogens with zero attached hydrogens (tertiary/aromatic N) is 1. The lowest BCUT2D eigenvalue weighted by Crippen LogP contribution is -2.34. The van der Waals surface area contributed by atoms with Gasteiger partial charge in [0.25, 0.3) is 5.91 Å². The third-order valence-corrected chi connectivity index (χ3v) is 5.86. The number of benzene rings is 3. The Hall–Kier alpha value is -2.60. The maximum Gasteiger partial charge on any atom is 0.251 e. The fraction of sp³-hybridized carbons (Fsp3) is 0.320. The number of rotatable bonds is 7. The van der Waals surface area contributed by atoms with Crippen LogP contribution in [0.3, 0.4) is 0 Å². The molecule has 1 heterocycles. The minimum atomic E-state index is -0.152. The summed E-state index contributed by atoms with van der Waals surface area (Å²) in [5, 5.41) is 17.9. The molecule has 1 fully saturated rings. The molecule has 1 amide bonds. The van der Waals surface area contributed by atoms with E-state index in [9.17, 15) is 4.79 Å². The molecule has 0 spiro atoms. The number of hydrogen-bond acceptors (Lipinski definition) is 4. The van der Waals surface area contributed by atoms with Crippen molar-refractivity contribution in [2.24, 2.45) is 0 Å². The molecule has 0 aliphatic carbocycles. The van der Waals surface area contributed by atoms with Crippen molar-refractivity contribution < 1.29 is 9.90 Å². The number of nitrogens with one attached hydrogen (secondary N) is 2. The van der Waals surface area contributed by atoms with Gasteiger partial charge >= 0.3 is 0 Å². The number of fused-ring (bicyclic) bond motifs is 1. The van der Waals surface area contributed by atoms with Crippen LogP contribution in [0.25, 0.3) is 10.8 Å². The minimum absolute atomic E-state index is 0. The first-order valence-corrected chi connectivity index (χ1v) is 10.6. The normalized spacial score (nSPS) is 16.7. The quantitative estimate of drug-likeness (QED) is 0.522. The van der Waals surface area contributed by atoms with Crippen LogP contribution in [0.4, 0.5) is 5.69 Å². The van der Waals surface area contributed by atoms with Crippen LogP contribution >= 0.6 is 12.4 Å². The van der Waals surface area contributed by atoms with E-state index in [0.29, 0.717) is 11.6 Å². The molecule has 164 valence electrons. The van der Waals surface area contributed by atoms with E-state index in [1.165, 1.54) is 16.3 Å². The first-order chi connectivity index (χ1) is 14.7. The zero-order chi connectivity index (χ0) is 20.9. The second kappa shape index (κ2) is 10.6. The molecule has 0 bridgehead atoms. The number of anilines is 1. The Kier molecular flexibility index (Phi) is 7.91. The average Bonchev–Trinajstić information content (AvgIpc) is 3.25. The topological polar surface area (TPSA) is 64.6 Å². The number of carbonyl (C=O) groups excluding carboxylic acids is 1. The number of halogens is 1. The number of hydrogen-bond donors (Lipinski definition) is 3. The van der Waals surface area contributed by atoms with Crippen molar-refractivity contribution in [2.75, 3.05) is 31.1 Å². The van der Waals surface area contributed by atoms with Gasteiger partial charge in [0.15, 0.2) is 0 Å². The highest BCUT2D eigenvalue weighted by Gasteiger charge is 2.24. The van der Waals surface area contributed by atoms with E-state index >= 15 is 0 Å². The molecule has 0 aromatic heterocycles. The highest BCUT2D eigenvalue weighted by atomic mass is 35.5. The van der Waals surface area contributed by atoms with Gasteiger partial charge < -0.3 is 20.6 Å². The van der Waals surface area contributed by atoms with E-state index in [1.54, 1.807) is 0 Å². The number of amides is 1. The molecule has 3 N–H and O–H groups in total. The summed E-state index contributed by atoms with van der Waals surface area (Å²) in [5.74, 6) is -0.152. The summed E-state index contributed by atoms with van der Waals surface area (Å²) in [6.45, 7) is 4.41. The Morgan fingerprint density at radius 2 is 1.84 bits per heavy atom. The molecule has 1 aliphatic heterocycles. The van der Waals surface area contributed by atoms with Crippen LogP contribution in [0.1, 0.15) is 35.3 Å². The third-order valence-electron chi connectivity index (χ3n) is 5.86. The summed E-state index contributed by atoms with van der Waals surface area (Å²) in [7, 11) is 0. The second-order valence-corrected chi connectivity index (χ2v) is 7.91. The van der Waals surface area contributed by atoms with Crippen molar-refractivity contribution >= 4 is 34.8 Å². The highest BCUT2D eigenvalue weighted by Crippen LogP contribution is 2.26. The lowest BCUT2D eigenvalue weighted by Gasteiger charge is -2.23. The zero-order valence-corrected chi connectivity index (χ0v) is 18.6. The molecule has 3 aromatic rings.